The number of hydrogen-bond acceptors (Lipinski definition) is 4. The Hall–Kier alpha value is -1.88. The molecule has 0 aliphatic carbocycles. The lowest BCUT2D eigenvalue weighted by Crippen LogP contribution is -2.54. The third-order valence-corrected chi connectivity index (χ3v) is 3.63. The van der Waals surface area contributed by atoms with E-state index in [0.29, 0.717) is 0 Å². The molecule has 2 aromatic rings. The van der Waals surface area contributed by atoms with Gasteiger partial charge in [0.2, 0.25) is 5.91 Å². The lowest BCUT2D eigenvalue weighted by atomic mass is 10.1. The summed E-state index contributed by atoms with van der Waals surface area (Å²) >= 11 is 0. The first-order chi connectivity index (χ1) is 9.28. The molecule has 0 spiro atoms. The third kappa shape index (κ3) is 2.33. The van der Waals surface area contributed by atoms with E-state index in [-0.39, 0.29) is 11.9 Å². The molecular formula is C14H17N3O2. The van der Waals surface area contributed by atoms with Crippen LogP contribution in [0.3, 0.4) is 0 Å². The summed E-state index contributed by atoms with van der Waals surface area (Å²) in [6, 6.07) is 6.02. The summed E-state index contributed by atoms with van der Waals surface area (Å²) in [4.78, 5) is 14.0. The van der Waals surface area contributed by atoms with Crippen LogP contribution < -0.4 is 5.32 Å². The highest BCUT2D eigenvalue weighted by atomic mass is 16.5. The van der Waals surface area contributed by atoms with Gasteiger partial charge in [-0.2, -0.15) is 0 Å². The zero-order valence-corrected chi connectivity index (χ0v) is 10.9. The Morgan fingerprint density at radius 3 is 3.26 bits per heavy atom. The lowest BCUT2D eigenvalue weighted by Gasteiger charge is -2.34. The molecule has 1 unspecified atom stereocenters. The molecule has 0 saturated carbocycles. The minimum absolute atomic E-state index is 0.0214. The molecule has 19 heavy (non-hydrogen) atoms. The first kappa shape index (κ1) is 12.2. The van der Waals surface area contributed by atoms with Gasteiger partial charge in [-0.15, -0.1) is 0 Å². The van der Waals surface area contributed by atoms with Gasteiger partial charge >= 0.3 is 0 Å². The van der Waals surface area contributed by atoms with Crippen LogP contribution in [0.25, 0.3) is 11.0 Å². The molecule has 1 saturated heterocycles. The summed E-state index contributed by atoms with van der Waals surface area (Å²) in [6.45, 7) is 4.45. The number of fused-ring (bicyclic) bond motifs is 1. The summed E-state index contributed by atoms with van der Waals surface area (Å²) in [5.41, 5.74) is 1.98. The maximum atomic E-state index is 11.8. The number of piperazine rings is 1. The number of nitrogens with zero attached hydrogens (tertiary/aromatic N) is 2. The van der Waals surface area contributed by atoms with Crippen molar-refractivity contribution in [2.24, 2.45) is 0 Å². The van der Waals surface area contributed by atoms with E-state index in [9.17, 15) is 4.79 Å². The first-order valence-electron chi connectivity index (χ1n) is 6.63. The zero-order valence-electron chi connectivity index (χ0n) is 10.9. The highest BCUT2D eigenvalue weighted by molar-refractivity contribution is 5.82. The number of benzene rings is 1. The molecule has 1 aliphatic rings. The molecule has 2 heterocycles. The van der Waals surface area contributed by atoms with Crippen molar-refractivity contribution >= 4 is 16.9 Å². The Kier molecular flexibility index (Phi) is 3.21. The molecule has 1 atom stereocenters. The fraction of sp³-hybridized carbons (Fsp3) is 0.429. The quantitative estimate of drug-likeness (QED) is 0.908. The SMILES string of the molecule is CCC1C(=O)NCCN1Cc1ccc2oncc2c1. The highest BCUT2D eigenvalue weighted by Gasteiger charge is 2.27. The number of aromatic nitrogens is 1. The second-order valence-electron chi connectivity index (χ2n) is 4.88. The summed E-state index contributed by atoms with van der Waals surface area (Å²) < 4.78 is 5.09. The van der Waals surface area contributed by atoms with Crippen molar-refractivity contribution in [3.8, 4) is 0 Å². The number of hydrogen-bond donors (Lipinski definition) is 1. The van der Waals surface area contributed by atoms with Crippen LogP contribution in [0.1, 0.15) is 18.9 Å². The molecule has 5 heteroatoms. The van der Waals surface area contributed by atoms with E-state index < -0.39 is 0 Å². The predicted octanol–water partition coefficient (Wildman–Crippen LogP) is 1.54. The standard InChI is InChI=1S/C14H17N3O2/c1-2-12-14(18)15-5-6-17(12)9-10-3-4-13-11(7-10)8-16-19-13/h3-4,7-8,12H,2,5-6,9H2,1H3,(H,15,18). The molecule has 100 valence electrons. The largest absolute Gasteiger partial charge is 0.356 e. The molecule has 1 N–H and O–H groups in total. The number of carbonyl (C=O) groups is 1. The third-order valence-electron chi connectivity index (χ3n) is 3.63. The van der Waals surface area contributed by atoms with Crippen molar-refractivity contribution in [3.63, 3.8) is 0 Å². The van der Waals surface area contributed by atoms with Gasteiger partial charge in [-0.1, -0.05) is 18.1 Å². The van der Waals surface area contributed by atoms with Crippen LogP contribution in [0.4, 0.5) is 0 Å². The van der Waals surface area contributed by atoms with E-state index in [1.807, 2.05) is 19.1 Å². The summed E-state index contributed by atoms with van der Waals surface area (Å²) in [5.74, 6) is 0.139. The Balaban J connectivity index is 1.80. The normalized spacial score (nSPS) is 20.7. The van der Waals surface area contributed by atoms with Gasteiger partial charge < -0.3 is 9.84 Å². The second-order valence-corrected chi connectivity index (χ2v) is 4.88. The molecule has 1 amide bonds. The predicted molar refractivity (Wildman–Crippen MR) is 71.5 cm³/mol. The average molecular weight is 259 g/mol. The molecule has 1 fully saturated rings. The van der Waals surface area contributed by atoms with Gasteiger partial charge in [-0.25, -0.2) is 0 Å². The fourth-order valence-electron chi connectivity index (χ4n) is 2.65. The summed E-state index contributed by atoms with van der Waals surface area (Å²) in [5, 5.41) is 7.70. The molecular weight excluding hydrogens is 242 g/mol. The lowest BCUT2D eigenvalue weighted by molar-refractivity contribution is -0.129. The van der Waals surface area contributed by atoms with Crippen LogP contribution in [0, 0.1) is 0 Å². The van der Waals surface area contributed by atoms with Crippen molar-refractivity contribution < 1.29 is 9.32 Å². The van der Waals surface area contributed by atoms with Gasteiger partial charge in [-0.05, 0) is 24.1 Å². The van der Waals surface area contributed by atoms with Crippen LogP contribution in [-0.2, 0) is 11.3 Å². The van der Waals surface area contributed by atoms with Gasteiger partial charge in [0.1, 0.15) is 0 Å². The topological polar surface area (TPSA) is 58.4 Å². The summed E-state index contributed by atoms with van der Waals surface area (Å²) in [7, 11) is 0. The molecule has 1 aromatic carbocycles. The van der Waals surface area contributed by atoms with E-state index in [0.717, 1.165) is 37.0 Å². The number of rotatable bonds is 3. The second kappa shape index (κ2) is 5.01. The number of carbonyl (C=O) groups excluding carboxylic acids is 1. The smallest absolute Gasteiger partial charge is 0.237 e. The van der Waals surface area contributed by atoms with Crippen LogP contribution in [0.5, 0.6) is 0 Å². The molecule has 0 radical (unpaired) electrons. The van der Waals surface area contributed by atoms with E-state index in [4.69, 9.17) is 4.52 Å². The monoisotopic (exact) mass is 259 g/mol. The maximum Gasteiger partial charge on any atom is 0.237 e. The Morgan fingerprint density at radius 1 is 1.53 bits per heavy atom. The van der Waals surface area contributed by atoms with Crippen molar-refractivity contribution in [3.05, 3.63) is 30.0 Å². The highest BCUT2D eigenvalue weighted by Crippen LogP contribution is 2.18. The molecule has 1 aromatic heterocycles. The minimum Gasteiger partial charge on any atom is -0.356 e. The Labute approximate surface area is 111 Å². The van der Waals surface area contributed by atoms with Crippen LogP contribution in [0.15, 0.2) is 28.9 Å². The number of amides is 1. The molecule has 3 rings (SSSR count). The van der Waals surface area contributed by atoms with E-state index in [1.165, 1.54) is 5.56 Å². The van der Waals surface area contributed by atoms with Crippen LogP contribution >= 0.6 is 0 Å². The summed E-state index contributed by atoms with van der Waals surface area (Å²) in [6.07, 6.45) is 2.56. The minimum atomic E-state index is -0.0214. The molecule has 1 aliphatic heterocycles. The van der Waals surface area contributed by atoms with Gasteiger partial charge in [0.15, 0.2) is 5.58 Å². The van der Waals surface area contributed by atoms with Crippen LogP contribution in [-0.4, -0.2) is 35.1 Å². The van der Waals surface area contributed by atoms with Crippen molar-refractivity contribution in [2.75, 3.05) is 13.1 Å². The average Bonchev–Trinajstić information content (AvgIpc) is 2.86. The van der Waals surface area contributed by atoms with Crippen molar-refractivity contribution in [2.45, 2.75) is 25.9 Å². The van der Waals surface area contributed by atoms with Gasteiger partial charge in [-0.3, -0.25) is 9.69 Å². The van der Waals surface area contributed by atoms with Crippen molar-refractivity contribution in [1.29, 1.82) is 0 Å². The number of nitrogens with one attached hydrogen (secondary N) is 1. The van der Waals surface area contributed by atoms with Gasteiger partial charge in [0.05, 0.1) is 12.2 Å². The van der Waals surface area contributed by atoms with E-state index in [1.54, 1.807) is 6.20 Å². The maximum absolute atomic E-state index is 11.8. The molecule has 5 nitrogen and oxygen atoms in total. The van der Waals surface area contributed by atoms with E-state index >= 15 is 0 Å². The van der Waals surface area contributed by atoms with Crippen LogP contribution in [0.2, 0.25) is 0 Å². The Morgan fingerprint density at radius 2 is 2.42 bits per heavy atom. The fourth-order valence-corrected chi connectivity index (χ4v) is 2.65. The molecule has 0 bridgehead atoms. The van der Waals surface area contributed by atoms with Crippen molar-refractivity contribution in [1.82, 2.24) is 15.4 Å². The first-order valence-corrected chi connectivity index (χ1v) is 6.63. The van der Waals surface area contributed by atoms with Gasteiger partial charge in [0.25, 0.3) is 0 Å². The zero-order chi connectivity index (χ0) is 13.2. The van der Waals surface area contributed by atoms with E-state index in [2.05, 4.69) is 21.4 Å². The Bertz CT molecular complexity index is 593. The van der Waals surface area contributed by atoms with Gasteiger partial charge in [0, 0.05) is 25.0 Å².